The SMILES string of the molecule is Cc1cc([C@@H](C)Nc2ccccc2C(=O)O)c2nc(N3C[C@H]4CC(C#N)C[C@H]4C3)n(C)c(=O)c2c1. The van der Waals surface area contributed by atoms with Gasteiger partial charge in [0.15, 0.2) is 0 Å². The Morgan fingerprint density at radius 1 is 1.23 bits per heavy atom. The van der Waals surface area contributed by atoms with Gasteiger partial charge in [-0.1, -0.05) is 18.2 Å². The maximum absolute atomic E-state index is 13.4. The van der Waals surface area contributed by atoms with Gasteiger partial charge in [-0.3, -0.25) is 9.36 Å². The lowest BCUT2D eigenvalue weighted by Crippen LogP contribution is -2.31. The molecule has 8 heteroatoms. The molecule has 8 nitrogen and oxygen atoms in total. The number of aromatic nitrogens is 2. The van der Waals surface area contributed by atoms with Gasteiger partial charge in [0.2, 0.25) is 5.95 Å². The van der Waals surface area contributed by atoms with Crippen molar-refractivity contribution in [3.05, 3.63) is 63.4 Å². The van der Waals surface area contributed by atoms with Crippen LogP contribution in [0.1, 0.15) is 47.3 Å². The first-order valence-electron chi connectivity index (χ1n) is 12.0. The zero-order chi connectivity index (χ0) is 24.9. The van der Waals surface area contributed by atoms with Gasteiger partial charge in [-0.25, -0.2) is 9.78 Å². The number of hydrogen-bond acceptors (Lipinski definition) is 6. The van der Waals surface area contributed by atoms with E-state index in [1.165, 1.54) is 0 Å². The lowest BCUT2D eigenvalue weighted by atomic mass is 10.0. The van der Waals surface area contributed by atoms with E-state index < -0.39 is 5.97 Å². The molecule has 1 aliphatic carbocycles. The van der Waals surface area contributed by atoms with Gasteiger partial charge in [0.05, 0.1) is 28.6 Å². The molecule has 3 aromatic rings. The minimum absolute atomic E-state index is 0.0972. The molecule has 1 aromatic heterocycles. The number of carbonyl (C=O) groups is 1. The van der Waals surface area contributed by atoms with Crippen LogP contribution in [0.25, 0.3) is 10.9 Å². The average Bonchev–Trinajstić information content (AvgIpc) is 3.40. The second-order valence-electron chi connectivity index (χ2n) is 9.97. The van der Waals surface area contributed by atoms with Crippen LogP contribution < -0.4 is 15.8 Å². The first-order chi connectivity index (χ1) is 16.8. The summed E-state index contributed by atoms with van der Waals surface area (Å²) in [6.45, 7) is 5.50. The Balaban J connectivity index is 1.55. The molecule has 0 spiro atoms. The summed E-state index contributed by atoms with van der Waals surface area (Å²) >= 11 is 0. The molecular weight excluding hydrogens is 442 g/mol. The summed E-state index contributed by atoms with van der Waals surface area (Å²) in [4.78, 5) is 32.3. The van der Waals surface area contributed by atoms with Gasteiger partial charge >= 0.3 is 5.97 Å². The van der Waals surface area contributed by atoms with Gasteiger partial charge in [0.25, 0.3) is 5.56 Å². The topological polar surface area (TPSA) is 111 Å². The number of nitrogens with one attached hydrogen (secondary N) is 1. The monoisotopic (exact) mass is 471 g/mol. The number of aryl methyl sites for hydroxylation is 1. The Kier molecular flexibility index (Phi) is 5.72. The molecule has 1 saturated carbocycles. The fourth-order valence-corrected chi connectivity index (χ4v) is 5.83. The van der Waals surface area contributed by atoms with Crippen molar-refractivity contribution in [3.63, 3.8) is 0 Å². The highest BCUT2D eigenvalue weighted by molar-refractivity contribution is 5.94. The number of fused-ring (bicyclic) bond motifs is 2. The largest absolute Gasteiger partial charge is 0.478 e. The highest BCUT2D eigenvalue weighted by atomic mass is 16.4. The molecule has 1 unspecified atom stereocenters. The first-order valence-corrected chi connectivity index (χ1v) is 12.0. The third-order valence-electron chi connectivity index (χ3n) is 7.54. The number of anilines is 2. The highest BCUT2D eigenvalue weighted by Crippen LogP contribution is 2.42. The van der Waals surface area contributed by atoms with Crippen LogP contribution in [0.15, 0.2) is 41.2 Å². The number of carboxylic acids is 1. The van der Waals surface area contributed by atoms with E-state index in [9.17, 15) is 20.0 Å². The van der Waals surface area contributed by atoms with Crippen LogP contribution in [0.3, 0.4) is 0 Å². The maximum atomic E-state index is 13.4. The van der Waals surface area contributed by atoms with E-state index in [1.54, 1.807) is 35.9 Å². The molecule has 180 valence electrons. The summed E-state index contributed by atoms with van der Waals surface area (Å²) in [5, 5.41) is 22.7. The summed E-state index contributed by atoms with van der Waals surface area (Å²) < 4.78 is 1.63. The van der Waals surface area contributed by atoms with Crippen LogP contribution in [0.2, 0.25) is 0 Å². The molecule has 0 bridgehead atoms. The molecule has 1 saturated heterocycles. The second-order valence-corrected chi connectivity index (χ2v) is 9.97. The van der Waals surface area contributed by atoms with E-state index in [4.69, 9.17) is 4.98 Å². The number of nitrogens with zero attached hydrogens (tertiary/aromatic N) is 4. The van der Waals surface area contributed by atoms with Gasteiger partial charge in [0.1, 0.15) is 0 Å². The van der Waals surface area contributed by atoms with Crippen molar-refractivity contribution < 1.29 is 9.90 Å². The quantitative estimate of drug-likeness (QED) is 0.576. The minimum Gasteiger partial charge on any atom is -0.478 e. The molecular formula is C27H29N5O3. The van der Waals surface area contributed by atoms with Crippen molar-refractivity contribution >= 4 is 28.5 Å². The summed E-state index contributed by atoms with van der Waals surface area (Å²) in [6, 6.07) is 12.8. The predicted molar refractivity (Wildman–Crippen MR) is 135 cm³/mol. The molecule has 2 N–H and O–H groups in total. The van der Waals surface area contributed by atoms with Crippen molar-refractivity contribution in [1.82, 2.24) is 9.55 Å². The Labute approximate surface area is 203 Å². The zero-order valence-corrected chi connectivity index (χ0v) is 20.2. The maximum Gasteiger partial charge on any atom is 0.337 e. The number of para-hydroxylation sites is 1. The number of hydrogen-bond donors (Lipinski definition) is 2. The normalized spacial score (nSPS) is 22.1. The van der Waals surface area contributed by atoms with Gasteiger partial charge in [-0.2, -0.15) is 5.26 Å². The molecule has 4 atom stereocenters. The van der Waals surface area contributed by atoms with Crippen LogP contribution in [-0.4, -0.2) is 33.7 Å². The Hall–Kier alpha value is -3.86. The molecule has 2 fully saturated rings. The second kappa shape index (κ2) is 8.73. The molecule has 1 aliphatic heterocycles. The summed E-state index contributed by atoms with van der Waals surface area (Å²) in [5.41, 5.74) is 3.04. The molecule has 2 heterocycles. The van der Waals surface area contributed by atoms with E-state index >= 15 is 0 Å². The Morgan fingerprint density at radius 2 is 1.91 bits per heavy atom. The predicted octanol–water partition coefficient (Wildman–Crippen LogP) is 4.10. The van der Waals surface area contributed by atoms with E-state index in [0.29, 0.717) is 34.4 Å². The lowest BCUT2D eigenvalue weighted by molar-refractivity contribution is 0.0698. The van der Waals surface area contributed by atoms with Crippen molar-refractivity contribution in [2.45, 2.75) is 32.7 Å². The fourth-order valence-electron chi connectivity index (χ4n) is 5.83. The molecule has 35 heavy (non-hydrogen) atoms. The standard InChI is InChI=1S/C27H29N5O3/c1-15-8-21(16(2)29-23-7-5-4-6-20(23)26(34)35)24-22(9-15)25(33)31(3)27(30-24)32-13-18-10-17(12-28)11-19(18)14-32/h4-9,16-19,29H,10-11,13-14H2,1-3H3,(H,34,35)/t16-,17?,18-,19+/m1/s1. The van der Waals surface area contributed by atoms with Gasteiger partial charge < -0.3 is 15.3 Å². The van der Waals surface area contributed by atoms with Crippen LogP contribution in [-0.2, 0) is 7.05 Å². The van der Waals surface area contributed by atoms with Crippen LogP contribution >= 0.6 is 0 Å². The van der Waals surface area contributed by atoms with Crippen molar-refractivity contribution in [1.29, 1.82) is 5.26 Å². The van der Waals surface area contributed by atoms with E-state index in [2.05, 4.69) is 16.3 Å². The third kappa shape index (κ3) is 4.01. The minimum atomic E-state index is -0.998. The highest BCUT2D eigenvalue weighted by Gasteiger charge is 2.42. The van der Waals surface area contributed by atoms with E-state index in [0.717, 1.165) is 37.1 Å². The van der Waals surface area contributed by atoms with Crippen molar-refractivity contribution in [3.8, 4) is 6.07 Å². The lowest BCUT2D eigenvalue weighted by Gasteiger charge is -2.24. The zero-order valence-electron chi connectivity index (χ0n) is 20.2. The third-order valence-corrected chi connectivity index (χ3v) is 7.54. The van der Waals surface area contributed by atoms with E-state index in [-0.39, 0.29) is 23.1 Å². The number of carboxylic acid groups (broad SMARTS) is 1. The summed E-state index contributed by atoms with van der Waals surface area (Å²) in [6.07, 6.45) is 1.82. The van der Waals surface area contributed by atoms with Gasteiger partial charge in [-0.05, 0) is 62.3 Å². The van der Waals surface area contributed by atoms with Crippen LogP contribution in [0, 0.1) is 36.0 Å². The Morgan fingerprint density at radius 3 is 2.57 bits per heavy atom. The summed E-state index contributed by atoms with van der Waals surface area (Å²) in [5.74, 6) is 0.696. The summed E-state index contributed by atoms with van der Waals surface area (Å²) in [7, 11) is 1.77. The van der Waals surface area contributed by atoms with Crippen LogP contribution in [0.5, 0.6) is 0 Å². The molecule has 0 amide bonds. The van der Waals surface area contributed by atoms with Crippen molar-refractivity contribution in [2.75, 3.05) is 23.3 Å². The molecule has 5 rings (SSSR count). The number of benzene rings is 2. The average molecular weight is 472 g/mol. The fraction of sp³-hybridized carbons (Fsp3) is 0.407. The van der Waals surface area contributed by atoms with Crippen molar-refractivity contribution in [2.24, 2.45) is 24.8 Å². The molecule has 0 radical (unpaired) electrons. The number of aromatic carboxylic acids is 1. The van der Waals surface area contributed by atoms with Crippen LogP contribution in [0.4, 0.5) is 11.6 Å². The molecule has 2 aliphatic rings. The van der Waals surface area contributed by atoms with E-state index in [1.807, 2.05) is 26.0 Å². The van der Waals surface area contributed by atoms with Gasteiger partial charge in [-0.15, -0.1) is 0 Å². The molecule has 2 aromatic carbocycles. The van der Waals surface area contributed by atoms with Gasteiger partial charge in [0, 0.05) is 37.3 Å². The smallest absolute Gasteiger partial charge is 0.337 e. The number of rotatable bonds is 5. The Bertz CT molecular complexity index is 1410. The first kappa shape index (κ1) is 22.9. The number of nitriles is 1.